The molecule has 0 saturated heterocycles. The molecule has 0 atom stereocenters. The fourth-order valence-corrected chi connectivity index (χ4v) is 1.72. The minimum absolute atomic E-state index is 1.15. The van der Waals surface area contributed by atoms with Gasteiger partial charge >= 0.3 is 0 Å². The maximum atomic E-state index is 4.08. The molecule has 3 rings (SSSR count). The summed E-state index contributed by atoms with van der Waals surface area (Å²) in [5.74, 6) is 0. The highest BCUT2D eigenvalue weighted by atomic mass is 14.8. The Bertz CT molecular complexity index is 525. The van der Waals surface area contributed by atoms with E-state index < -0.39 is 0 Å². The summed E-state index contributed by atoms with van der Waals surface area (Å²) in [6, 6.07) is 10.5. The molecule has 13 heavy (non-hydrogen) atoms. The summed E-state index contributed by atoms with van der Waals surface area (Å²) in [6.45, 7) is 0. The lowest BCUT2D eigenvalue weighted by Crippen LogP contribution is -1.80. The maximum Gasteiger partial charge on any atom is 0.0923 e. The maximum absolute atomic E-state index is 4.08. The molecule has 1 aliphatic carbocycles. The van der Waals surface area contributed by atoms with Gasteiger partial charge in [-0.1, -0.05) is 24.3 Å². The molecule has 0 aromatic heterocycles. The second kappa shape index (κ2) is 2.33. The molecule has 0 radical (unpaired) electrons. The van der Waals surface area contributed by atoms with E-state index in [1.54, 1.807) is 6.33 Å². The van der Waals surface area contributed by atoms with Gasteiger partial charge in [0.25, 0.3) is 0 Å². The smallest absolute Gasteiger partial charge is 0.0923 e. The molecule has 1 aromatic rings. The number of benzene rings is 1. The number of rotatable bonds is 0. The number of nitrogens with zero attached hydrogens (tertiary/aromatic N) is 1. The average molecular weight is 168 g/mol. The number of H-pyrrole nitrogens is 1. The number of fused-ring (bicyclic) bond motifs is 3. The van der Waals surface area contributed by atoms with E-state index in [-0.39, 0.29) is 0 Å². The molecule has 0 fully saturated rings. The van der Waals surface area contributed by atoms with Gasteiger partial charge in [0.2, 0.25) is 0 Å². The van der Waals surface area contributed by atoms with E-state index >= 15 is 0 Å². The Hall–Kier alpha value is -1.83. The number of hydrogen-bond acceptors (Lipinski definition) is 1. The average Bonchev–Trinajstić information content (AvgIpc) is 2.56. The third-order valence-electron chi connectivity index (χ3n) is 2.34. The second-order valence-corrected chi connectivity index (χ2v) is 3.11. The number of aromatic nitrogens is 2. The molecule has 2 nitrogen and oxygen atoms in total. The molecule has 62 valence electrons. The van der Waals surface area contributed by atoms with Crippen LogP contribution in [0.2, 0.25) is 0 Å². The Balaban J connectivity index is 2.56. The van der Waals surface area contributed by atoms with Crippen molar-refractivity contribution >= 4 is 10.8 Å². The zero-order valence-electron chi connectivity index (χ0n) is 6.99. The Labute approximate surface area is 75.6 Å². The Morgan fingerprint density at radius 1 is 1.15 bits per heavy atom. The minimum Gasteiger partial charge on any atom is -0.346 e. The van der Waals surface area contributed by atoms with Crippen LogP contribution in [0.15, 0.2) is 42.9 Å². The van der Waals surface area contributed by atoms with Crippen LogP contribution in [0.4, 0.5) is 0 Å². The van der Waals surface area contributed by atoms with Crippen molar-refractivity contribution in [2.24, 2.45) is 0 Å². The fourth-order valence-electron chi connectivity index (χ4n) is 1.72. The van der Waals surface area contributed by atoms with Crippen molar-refractivity contribution in [3.8, 4) is 11.3 Å². The van der Waals surface area contributed by atoms with Crippen LogP contribution < -0.4 is 0 Å². The topological polar surface area (TPSA) is 28.7 Å². The zero-order chi connectivity index (χ0) is 8.67. The molecular formula is C11H8N2. The predicted molar refractivity (Wildman–Crippen MR) is 52.7 cm³/mol. The van der Waals surface area contributed by atoms with E-state index in [9.17, 15) is 0 Å². The van der Waals surface area contributed by atoms with Gasteiger partial charge in [0.1, 0.15) is 0 Å². The van der Waals surface area contributed by atoms with Crippen molar-refractivity contribution in [2.45, 2.75) is 0 Å². The van der Waals surface area contributed by atoms with Crippen LogP contribution in [-0.4, -0.2) is 9.97 Å². The third kappa shape index (κ3) is 0.855. The molecule has 2 aliphatic rings. The van der Waals surface area contributed by atoms with E-state index in [1.807, 2.05) is 6.20 Å². The van der Waals surface area contributed by atoms with Gasteiger partial charge in [-0.05, 0) is 16.8 Å². The van der Waals surface area contributed by atoms with Gasteiger partial charge in [-0.15, -0.1) is 0 Å². The summed E-state index contributed by atoms with van der Waals surface area (Å²) in [4.78, 5) is 7.21. The van der Waals surface area contributed by atoms with E-state index in [0.29, 0.717) is 0 Å². The van der Waals surface area contributed by atoms with Gasteiger partial charge in [0.15, 0.2) is 0 Å². The number of aromatic amines is 1. The Morgan fingerprint density at radius 3 is 3.08 bits per heavy atom. The quantitative estimate of drug-likeness (QED) is 0.549. The van der Waals surface area contributed by atoms with Crippen molar-refractivity contribution in [3.63, 3.8) is 0 Å². The van der Waals surface area contributed by atoms with Crippen LogP contribution in [0.25, 0.3) is 22.0 Å². The van der Waals surface area contributed by atoms with Crippen LogP contribution in [0, 0.1) is 0 Å². The van der Waals surface area contributed by atoms with Crippen LogP contribution in [0.5, 0.6) is 0 Å². The highest BCUT2D eigenvalue weighted by Crippen LogP contribution is 2.30. The molecule has 0 saturated carbocycles. The first-order valence-corrected chi connectivity index (χ1v) is 4.25. The molecule has 1 aromatic carbocycles. The Kier molecular flexibility index (Phi) is 1.19. The standard InChI is InChI=1S/C11H8N2/c1-2-4-9-8(3-1)5-11-10(9)6-12-7-13-11/h1-7H,(H,12,13). The van der Waals surface area contributed by atoms with E-state index in [2.05, 4.69) is 40.3 Å². The second-order valence-electron chi connectivity index (χ2n) is 3.11. The SMILES string of the molecule is c1ccc2c3cnc[nH]c-3cc2c1. The van der Waals surface area contributed by atoms with Crippen LogP contribution in [0.3, 0.4) is 0 Å². The summed E-state index contributed by atoms with van der Waals surface area (Å²) < 4.78 is 0. The van der Waals surface area contributed by atoms with Gasteiger partial charge in [-0.2, -0.15) is 0 Å². The molecule has 1 heterocycles. The molecule has 0 unspecified atom stereocenters. The lowest BCUT2D eigenvalue weighted by Gasteiger charge is -1.96. The van der Waals surface area contributed by atoms with E-state index in [4.69, 9.17) is 0 Å². The molecule has 0 bridgehead atoms. The van der Waals surface area contributed by atoms with E-state index in [0.717, 1.165) is 5.69 Å². The third-order valence-corrected chi connectivity index (χ3v) is 2.34. The molecule has 0 amide bonds. The predicted octanol–water partition coefficient (Wildman–Crippen LogP) is 2.67. The van der Waals surface area contributed by atoms with Crippen molar-refractivity contribution in [1.29, 1.82) is 0 Å². The Morgan fingerprint density at radius 2 is 2.08 bits per heavy atom. The monoisotopic (exact) mass is 168 g/mol. The summed E-state index contributed by atoms with van der Waals surface area (Å²) in [5, 5.41) is 2.53. The largest absolute Gasteiger partial charge is 0.346 e. The first-order chi connectivity index (χ1) is 6.45. The molecule has 0 spiro atoms. The van der Waals surface area contributed by atoms with Crippen molar-refractivity contribution < 1.29 is 0 Å². The number of hydrogen-bond donors (Lipinski definition) is 1. The van der Waals surface area contributed by atoms with Gasteiger partial charge in [0.05, 0.1) is 6.33 Å². The van der Waals surface area contributed by atoms with Crippen LogP contribution in [-0.2, 0) is 0 Å². The van der Waals surface area contributed by atoms with Gasteiger partial charge in [-0.3, -0.25) is 0 Å². The fraction of sp³-hybridized carbons (Fsp3) is 0. The van der Waals surface area contributed by atoms with Crippen molar-refractivity contribution in [1.82, 2.24) is 9.97 Å². The summed E-state index contributed by atoms with van der Waals surface area (Å²) >= 11 is 0. The normalized spacial score (nSPS) is 11.1. The highest BCUT2D eigenvalue weighted by Gasteiger charge is 2.07. The lowest BCUT2D eigenvalue weighted by atomic mass is 10.2. The first-order valence-electron chi connectivity index (χ1n) is 4.25. The minimum atomic E-state index is 1.15. The molecule has 2 heteroatoms. The lowest BCUT2D eigenvalue weighted by molar-refractivity contribution is 1.18. The highest BCUT2D eigenvalue weighted by molar-refractivity contribution is 6.00. The zero-order valence-corrected chi connectivity index (χ0v) is 6.99. The van der Waals surface area contributed by atoms with Gasteiger partial charge in [0, 0.05) is 17.5 Å². The summed E-state index contributed by atoms with van der Waals surface area (Å²) in [6.07, 6.45) is 3.61. The first kappa shape index (κ1) is 6.66. The van der Waals surface area contributed by atoms with Gasteiger partial charge in [-0.25, -0.2) is 4.98 Å². The molecule has 1 aliphatic heterocycles. The van der Waals surface area contributed by atoms with Crippen LogP contribution >= 0.6 is 0 Å². The number of nitrogens with one attached hydrogen (secondary N) is 1. The summed E-state index contributed by atoms with van der Waals surface area (Å²) in [7, 11) is 0. The van der Waals surface area contributed by atoms with Crippen molar-refractivity contribution in [2.75, 3.05) is 0 Å². The van der Waals surface area contributed by atoms with Crippen LogP contribution in [0.1, 0.15) is 0 Å². The van der Waals surface area contributed by atoms with Crippen molar-refractivity contribution in [3.05, 3.63) is 42.9 Å². The summed E-state index contributed by atoms with van der Waals surface area (Å²) in [5.41, 5.74) is 2.34. The van der Waals surface area contributed by atoms with Gasteiger partial charge < -0.3 is 4.98 Å². The molecule has 1 N–H and O–H groups in total. The molecular weight excluding hydrogens is 160 g/mol. The van der Waals surface area contributed by atoms with E-state index in [1.165, 1.54) is 16.3 Å².